The van der Waals surface area contributed by atoms with Gasteiger partial charge in [-0.15, -0.1) is 0 Å². The predicted molar refractivity (Wildman–Crippen MR) is 143 cm³/mol. The van der Waals surface area contributed by atoms with E-state index in [2.05, 4.69) is 28.9 Å². The van der Waals surface area contributed by atoms with Gasteiger partial charge in [0.25, 0.3) is 0 Å². The summed E-state index contributed by atoms with van der Waals surface area (Å²) in [5.41, 5.74) is 3.51. The third-order valence-corrected chi connectivity index (χ3v) is 8.68. The molecule has 1 N–H and O–H groups in total. The number of likely N-dealkylation sites (tertiary alicyclic amines) is 1. The van der Waals surface area contributed by atoms with Gasteiger partial charge >= 0.3 is 6.18 Å². The smallest absolute Gasteiger partial charge is 0.401 e. The van der Waals surface area contributed by atoms with Gasteiger partial charge in [-0.25, -0.2) is 4.98 Å². The van der Waals surface area contributed by atoms with Crippen molar-refractivity contribution in [2.45, 2.75) is 69.9 Å². The topological polar surface area (TPSA) is 48.8 Å². The zero-order valence-electron chi connectivity index (χ0n) is 22.3. The Morgan fingerprint density at radius 1 is 1.00 bits per heavy atom. The monoisotopic (exact) mass is 531 g/mol. The number of alkyl halides is 3. The van der Waals surface area contributed by atoms with E-state index < -0.39 is 12.7 Å². The van der Waals surface area contributed by atoms with Gasteiger partial charge in [0.1, 0.15) is 5.75 Å². The van der Waals surface area contributed by atoms with Gasteiger partial charge < -0.3 is 14.7 Å². The van der Waals surface area contributed by atoms with Gasteiger partial charge in [-0.3, -0.25) is 4.90 Å². The Morgan fingerprint density at radius 3 is 2.39 bits per heavy atom. The fraction of sp³-hybridized carbons (Fsp3) is 0.633. The summed E-state index contributed by atoms with van der Waals surface area (Å²) in [5.74, 6) is 3.01. The second kappa shape index (κ2) is 11.7. The number of pyridine rings is 1. The van der Waals surface area contributed by atoms with Gasteiger partial charge in [-0.1, -0.05) is 13.0 Å². The molecule has 1 aliphatic carbocycles. The number of rotatable bonds is 9. The fourth-order valence-electron chi connectivity index (χ4n) is 6.42. The molecule has 0 amide bonds. The van der Waals surface area contributed by atoms with Crippen molar-refractivity contribution in [2.75, 3.05) is 44.2 Å². The van der Waals surface area contributed by atoms with E-state index >= 15 is 0 Å². The fourth-order valence-corrected chi connectivity index (χ4v) is 6.42. The highest BCUT2D eigenvalue weighted by molar-refractivity contribution is 5.59. The highest BCUT2D eigenvalue weighted by Crippen LogP contribution is 2.44. The first-order valence-electron chi connectivity index (χ1n) is 14.2. The van der Waals surface area contributed by atoms with Gasteiger partial charge in [-0.2, -0.15) is 13.2 Å². The lowest BCUT2D eigenvalue weighted by atomic mass is 9.87. The van der Waals surface area contributed by atoms with E-state index in [0.29, 0.717) is 44.4 Å². The van der Waals surface area contributed by atoms with Crippen LogP contribution in [0.15, 0.2) is 36.5 Å². The van der Waals surface area contributed by atoms with E-state index in [0.717, 1.165) is 55.4 Å². The number of piperidine rings is 2. The average Bonchev–Trinajstić information content (AvgIpc) is 3.74. The third kappa shape index (κ3) is 6.93. The lowest BCUT2D eigenvalue weighted by Gasteiger charge is -2.38. The van der Waals surface area contributed by atoms with Crippen molar-refractivity contribution in [3.05, 3.63) is 47.7 Å². The normalized spacial score (nSPS) is 21.0. The molecule has 1 atom stereocenters. The summed E-state index contributed by atoms with van der Waals surface area (Å²) in [6, 6.07) is 9.75. The number of hydrogen-bond acceptors (Lipinski definition) is 5. The first-order valence-corrected chi connectivity index (χ1v) is 14.2. The molecule has 3 fully saturated rings. The summed E-state index contributed by atoms with van der Waals surface area (Å²) in [5, 5.41) is 10.2. The molecule has 1 saturated carbocycles. The first-order chi connectivity index (χ1) is 18.3. The van der Waals surface area contributed by atoms with Crippen LogP contribution >= 0.6 is 0 Å². The minimum absolute atomic E-state index is 0.206. The summed E-state index contributed by atoms with van der Waals surface area (Å²) < 4.78 is 44.6. The lowest BCUT2D eigenvalue weighted by Crippen LogP contribution is -2.40. The second-order valence-corrected chi connectivity index (χ2v) is 11.4. The van der Waals surface area contributed by atoms with Crippen molar-refractivity contribution in [2.24, 2.45) is 11.8 Å². The number of aromatic nitrogens is 1. The number of halogens is 3. The minimum atomic E-state index is -4.15. The van der Waals surface area contributed by atoms with Crippen molar-refractivity contribution >= 4 is 5.69 Å². The molecule has 1 unspecified atom stereocenters. The maximum Gasteiger partial charge on any atom is 0.401 e. The first kappa shape index (κ1) is 27.1. The van der Waals surface area contributed by atoms with Crippen LogP contribution in [0.4, 0.5) is 18.9 Å². The number of anilines is 1. The van der Waals surface area contributed by atoms with Crippen LogP contribution in [-0.4, -0.2) is 60.5 Å². The average molecular weight is 532 g/mol. The van der Waals surface area contributed by atoms with Crippen LogP contribution in [0.1, 0.15) is 74.8 Å². The van der Waals surface area contributed by atoms with Gasteiger partial charge in [0.15, 0.2) is 0 Å². The lowest BCUT2D eigenvalue weighted by molar-refractivity contribution is -0.147. The van der Waals surface area contributed by atoms with Gasteiger partial charge in [0.05, 0.1) is 13.2 Å². The molecule has 208 valence electrons. The standard InChI is InChI=1S/C30H40F3N3O2/c1-2-26(22-3-4-22)24-7-12-34-29(17-24)38-19-21-8-15-36(16-9-21)28-18-25(37)5-6-27(28)23-10-13-35(14-11-23)20-30(31,32)33/h5-7,12,17-18,21-23,26,37H,2-4,8-11,13-16,19-20H2,1H3. The zero-order chi connectivity index (χ0) is 26.7. The summed E-state index contributed by atoms with van der Waals surface area (Å²) in [7, 11) is 0. The quantitative estimate of drug-likeness (QED) is 0.389. The molecule has 5 rings (SSSR count). The highest BCUT2D eigenvalue weighted by Gasteiger charge is 2.34. The van der Waals surface area contributed by atoms with Crippen LogP contribution in [0.3, 0.4) is 0 Å². The number of ether oxygens (including phenoxy) is 1. The van der Waals surface area contributed by atoms with Crippen LogP contribution in [0.2, 0.25) is 0 Å². The largest absolute Gasteiger partial charge is 0.508 e. The van der Waals surface area contributed by atoms with Gasteiger partial charge in [0.2, 0.25) is 5.88 Å². The van der Waals surface area contributed by atoms with Crippen LogP contribution in [0.25, 0.3) is 0 Å². The van der Waals surface area contributed by atoms with E-state index in [1.165, 1.54) is 23.3 Å². The van der Waals surface area contributed by atoms with E-state index in [1.54, 1.807) is 6.07 Å². The van der Waals surface area contributed by atoms with Crippen LogP contribution in [0, 0.1) is 11.8 Å². The third-order valence-electron chi connectivity index (χ3n) is 8.68. The molecule has 0 bridgehead atoms. The number of benzene rings is 1. The number of hydrogen-bond donors (Lipinski definition) is 1. The number of nitrogens with zero attached hydrogens (tertiary/aromatic N) is 3. The maximum absolute atomic E-state index is 12.8. The van der Waals surface area contributed by atoms with Crippen molar-refractivity contribution in [3.8, 4) is 11.6 Å². The van der Waals surface area contributed by atoms with Crippen LogP contribution in [0.5, 0.6) is 11.6 Å². The SMILES string of the molecule is CCC(c1ccnc(OCC2CCN(c3cc(O)ccc3C3CCN(CC(F)(F)F)CC3)CC2)c1)C1CC1. The molecule has 0 spiro atoms. The molecule has 1 aromatic carbocycles. The van der Waals surface area contributed by atoms with Crippen LogP contribution in [-0.2, 0) is 0 Å². The molecule has 3 heterocycles. The molecular formula is C30H40F3N3O2. The Bertz CT molecular complexity index is 1060. The van der Waals surface area contributed by atoms with E-state index in [1.807, 2.05) is 18.3 Å². The molecule has 0 radical (unpaired) electrons. The Balaban J connectivity index is 1.15. The highest BCUT2D eigenvalue weighted by atomic mass is 19.4. The van der Waals surface area contributed by atoms with Crippen LogP contribution < -0.4 is 9.64 Å². The summed E-state index contributed by atoms with van der Waals surface area (Å²) >= 11 is 0. The molecule has 2 aromatic rings. The van der Waals surface area contributed by atoms with E-state index in [9.17, 15) is 18.3 Å². The van der Waals surface area contributed by atoms with Gasteiger partial charge in [-0.05, 0) is 105 Å². The molecule has 2 aliphatic heterocycles. The molecule has 5 nitrogen and oxygen atoms in total. The number of phenolic OH excluding ortho intramolecular Hbond substituents is 1. The van der Waals surface area contributed by atoms with Gasteiger partial charge in [0, 0.05) is 37.1 Å². The van der Waals surface area contributed by atoms with Crippen molar-refractivity contribution in [1.29, 1.82) is 0 Å². The molecule has 2 saturated heterocycles. The number of phenols is 1. The van der Waals surface area contributed by atoms with Crippen molar-refractivity contribution < 1.29 is 23.0 Å². The van der Waals surface area contributed by atoms with Crippen molar-refractivity contribution in [3.63, 3.8) is 0 Å². The molecule has 1 aromatic heterocycles. The molecular weight excluding hydrogens is 491 g/mol. The molecule has 8 heteroatoms. The van der Waals surface area contributed by atoms with Crippen molar-refractivity contribution in [1.82, 2.24) is 9.88 Å². The maximum atomic E-state index is 12.8. The predicted octanol–water partition coefficient (Wildman–Crippen LogP) is 6.73. The summed E-state index contributed by atoms with van der Waals surface area (Å²) in [6.45, 7) is 4.69. The summed E-state index contributed by atoms with van der Waals surface area (Å²) in [6.07, 6.45) is 4.88. The Hall–Kier alpha value is -2.48. The minimum Gasteiger partial charge on any atom is -0.508 e. The molecule has 38 heavy (non-hydrogen) atoms. The zero-order valence-corrected chi connectivity index (χ0v) is 22.3. The van der Waals surface area contributed by atoms with E-state index in [4.69, 9.17) is 4.74 Å². The Kier molecular flexibility index (Phi) is 8.36. The second-order valence-electron chi connectivity index (χ2n) is 11.4. The Labute approximate surface area is 224 Å². The summed E-state index contributed by atoms with van der Waals surface area (Å²) in [4.78, 5) is 8.28. The molecule has 3 aliphatic rings. The number of aromatic hydroxyl groups is 1. The Morgan fingerprint density at radius 2 is 1.74 bits per heavy atom. The van der Waals surface area contributed by atoms with E-state index in [-0.39, 0.29) is 11.7 Å².